The number of aromatic nitrogens is 4. The maximum Gasteiger partial charge on any atom is 0.127 e. The van der Waals surface area contributed by atoms with Crippen LogP contribution in [0.5, 0.6) is 11.5 Å². The van der Waals surface area contributed by atoms with Crippen LogP contribution >= 0.6 is 0 Å². The van der Waals surface area contributed by atoms with Gasteiger partial charge in [0.15, 0.2) is 0 Å². The maximum atomic E-state index is 5.88. The summed E-state index contributed by atoms with van der Waals surface area (Å²) in [7, 11) is 0. The van der Waals surface area contributed by atoms with Gasteiger partial charge in [0.2, 0.25) is 0 Å². The van der Waals surface area contributed by atoms with Gasteiger partial charge in [-0.05, 0) is 42.0 Å². The Labute approximate surface area is 161 Å². The van der Waals surface area contributed by atoms with Crippen LogP contribution in [0.1, 0.15) is 0 Å². The molecule has 0 saturated carbocycles. The van der Waals surface area contributed by atoms with Gasteiger partial charge in [-0.15, -0.1) is 0 Å². The first-order valence-electron chi connectivity index (χ1n) is 8.95. The normalized spacial score (nSPS) is 10.9. The van der Waals surface area contributed by atoms with Gasteiger partial charge in [0.25, 0.3) is 0 Å². The predicted molar refractivity (Wildman–Crippen MR) is 109 cm³/mol. The third-order valence-electron chi connectivity index (χ3n) is 4.54. The van der Waals surface area contributed by atoms with E-state index in [9.17, 15) is 0 Å². The zero-order chi connectivity index (χ0) is 18.8. The Bertz CT molecular complexity index is 1220. The fourth-order valence-corrected chi connectivity index (χ4v) is 3.19. The summed E-state index contributed by atoms with van der Waals surface area (Å²) in [5.74, 6) is 1.60. The van der Waals surface area contributed by atoms with Crippen LogP contribution < -0.4 is 4.74 Å². The van der Waals surface area contributed by atoms with Gasteiger partial charge in [0, 0.05) is 23.3 Å². The molecule has 134 valence electrons. The molecule has 28 heavy (non-hydrogen) atoms. The number of H-pyrrole nitrogens is 1. The van der Waals surface area contributed by atoms with E-state index in [0.717, 1.165) is 44.9 Å². The molecule has 5 rings (SSSR count). The van der Waals surface area contributed by atoms with Crippen molar-refractivity contribution in [2.75, 3.05) is 0 Å². The lowest BCUT2D eigenvalue weighted by Gasteiger charge is -2.09. The van der Waals surface area contributed by atoms with E-state index in [1.165, 1.54) is 0 Å². The second-order valence-electron chi connectivity index (χ2n) is 6.33. The van der Waals surface area contributed by atoms with Crippen molar-refractivity contribution in [2.45, 2.75) is 0 Å². The molecule has 0 radical (unpaired) electrons. The van der Waals surface area contributed by atoms with E-state index in [0.29, 0.717) is 0 Å². The molecule has 0 unspecified atom stereocenters. The summed E-state index contributed by atoms with van der Waals surface area (Å²) in [4.78, 5) is 9.06. The Morgan fingerprint density at radius 1 is 0.714 bits per heavy atom. The van der Waals surface area contributed by atoms with Crippen molar-refractivity contribution in [1.29, 1.82) is 0 Å². The first-order valence-corrected chi connectivity index (χ1v) is 8.95. The van der Waals surface area contributed by atoms with Crippen molar-refractivity contribution in [3.05, 3.63) is 91.4 Å². The Morgan fingerprint density at radius 2 is 1.50 bits per heavy atom. The number of aromatic amines is 1. The minimum Gasteiger partial charge on any atom is -0.457 e. The summed E-state index contributed by atoms with van der Waals surface area (Å²) in [5.41, 5.74) is 4.54. The monoisotopic (exact) mass is 364 g/mol. The van der Waals surface area contributed by atoms with Gasteiger partial charge in [-0.2, -0.15) is 5.10 Å². The highest BCUT2D eigenvalue weighted by molar-refractivity contribution is 6.00. The van der Waals surface area contributed by atoms with Crippen molar-refractivity contribution >= 4 is 10.9 Å². The molecule has 3 heterocycles. The lowest BCUT2D eigenvalue weighted by atomic mass is 10.0. The summed E-state index contributed by atoms with van der Waals surface area (Å²) >= 11 is 0. The molecular weight excluding hydrogens is 348 g/mol. The predicted octanol–water partition coefficient (Wildman–Crippen LogP) is 5.48. The molecule has 0 aliphatic heterocycles. The number of benzene rings is 2. The molecular formula is C23H16N4O. The van der Waals surface area contributed by atoms with Crippen LogP contribution in [0.25, 0.3) is 33.4 Å². The maximum absolute atomic E-state index is 5.88. The highest BCUT2D eigenvalue weighted by Gasteiger charge is 2.13. The fourth-order valence-electron chi connectivity index (χ4n) is 3.19. The molecule has 0 atom stereocenters. The molecule has 0 spiro atoms. The quantitative estimate of drug-likeness (QED) is 0.459. The van der Waals surface area contributed by atoms with Gasteiger partial charge in [0.05, 0.1) is 17.4 Å². The van der Waals surface area contributed by atoms with Gasteiger partial charge < -0.3 is 4.74 Å². The Kier molecular flexibility index (Phi) is 4.03. The minimum atomic E-state index is 0.788. The van der Waals surface area contributed by atoms with Gasteiger partial charge in [0.1, 0.15) is 17.2 Å². The molecule has 0 amide bonds. The summed E-state index contributed by atoms with van der Waals surface area (Å²) in [6.45, 7) is 0. The molecule has 3 aromatic heterocycles. The molecule has 1 N–H and O–H groups in total. The molecule has 0 saturated heterocycles. The van der Waals surface area contributed by atoms with Crippen molar-refractivity contribution in [3.8, 4) is 34.0 Å². The summed E-state index contributed by atoms with van der Waals surface area (Å²) in [6.07, 6.45) is 5.46. The number of nitrogens with zero attached hydrogens (tertiary/aromatic N) is 3. The lowest BCUT2D eigenvalue weighted by molar-refractivity contribution is 0.483. The van der Waals surface area contributed by atoms with Gasteiger partial charge in [-0.1, -0.05) is 36.4 Å². The Morgan fingerprint density at radius 3 is 2.29 bits per heavy atom. The Balaban J connectivity index is 1.51. The van der Waals surface area contributed by atoms with Crippen LogP contribution in [0, 0.1) is 0 Å². The molecule has 0 fully saturated rings. The average Bonchev–Trinajstić information content (AvgIpc) is 3.25. The van der Waals surface area contributed by atoms with E-state index in [1.54, 1.807) is 6.20 Å². The van der Waals surface area contributed by atoms with E-state index in [-0.39, 0.29) is 0 Å². The van der Waals surface area contributed by atoms with Crippen LogP contribution in [0.3, 0.4) is 0 Å². The first-order chi connectivity index (χ1) is 13.9. The van der Waals surface area contributed by atoms with Crippen molar-refractivity contribution in [2.24, 2.45) is 0 Å². The van der Waals surface area contributed by atoms with Crippen LogP contribution in [0.4, 0.5) is 0 Å². The number of fused-ring (bicyclic) bond motifs is 1. The highest BCUT2D eigenvalue weighted by atomic mass is 16.5. The molecule has 5 heteroatoms. The van der Waals surface area contributed by atoms with E-state index in [1.807, 2.05) is 85.2 Å². The average molecular weight is 364 g/mol. The summed E-state index contributed by atoms with van der Waals surface area (Å²) in [6, 6.07) is 23.5. The fraction of sp³-hybridized carbons (Fsp3) is 0. The first kappa shape index (κ1) is 16.2. The van der Waals surface area contributed by atoms with Crippen LogP contribution in [0.15, 0.2) is 91.4 Å². The van der Waals surface area contributed by atoms with Crippen molar-refractivity contribution in [1.82, 2.24) is 20.2 Å². The minimum absolute atomic E-state index is 0.788. The zero-order valence-corrected chi connectivity index (χ0v) is 14.9. The standard InChI is InChI=1S/C23H16N4O/c1-2-6-17(7-3-1)28-18-11-9-16(10-12-18)19-14-25-23(21-8-4-5-13-24-21)22-20(19)15-26-27-22/h1-15H,(H,26,27). The molecule has 5 aromatic rings. The number of pyridine rings is 2. The SMILES string of the molecule is c1ccc(Oc2ccc(-c3cnc(-c4ccccn4)c4[nH]ncc34)cc2)cc1. The lowest BCUT2D eigenvalue weighted by Crippen LogP contribution is -1.91. The number of hydrogen-bond donors (Lipinski definition) is 1. The third kappa shape index (κ3) is 2.99. The van der Waals surface area contributed by atoms with E-state index in [2.05, 4.69) is 20.2 Å². The summed E-state index contributed by atoms with van der Waals surface area (Å²) in [5, 5.41) is 8.30. The second-order valence-corrected chi connectivity index (χ2v) is 6.33. The van der Waals surface area contributed by atoms with E-state index < -0.39 is 0 Å². The third-order valence-corrected chi connectivity index (χ3v) is 4.54. The Hall–Kier alpha value is -3.99. The molecule has 0 aliphatic carbocycles. The number of nitrogens with one attached hydrogen (secondary N) is 1. The second kappa shape index (κ2) is 6.96. The number of para-hydroxylation sites is 1. The molecule has 2 aromatic carbocycles. The summed E-state index contributed by atoms with van der Waals surface area (Å²) < 4.78 is 5.88. The smallest absolute Gasteiger partial charge is 0.127 e. The van der Waals surface area contributed by atoms with Crippen LogP contribution in [0.2, 0.25) is 0 Å². The molecule has 0 aliphatic rings. The van der Waals surface area contributed by atoms with Crippen molar-refractivity contribution < 1.29 is 4.74 Å². The van der Waals surface area contributed by atoms with Crippen molar-refractivity contribution in [3.63, 3.8) is 0 Å². The largest absolute Gasteiger partial charge is 0.457 e. The van der Waals surface area contributed by atoms with Crippen LogP contribution in [-0.2, 0) is 0 Å². The zero-order valence-electron chi connectivity index (χ0n) is 14.9. The van der Waals surface area contributed by atoms with Crippen LogP contribution in [-0.4, -0.2) is 20.2 Å². The van der Waals surface area contributed by atoms with E-state index >= 15 is 0 Å². The molecule has 5 nitrogen and oxygen atoms in total. The van der Waals surface area contributed by atoms with E-state index in [4.69, 9.17) is 4.74 Å². The highest BCUT2D eigenvalue weighted by Crippen LogP contribution is 2.33. The molecule has 0 bridgehead atoms. The number of hydrogen-bond acceptors (Lipinski definition) is 4. The number of ether oxygens (including phenoxy) is 1. The van der Waals surface area contributed by atoms with Gasteiger partial charge in [-0.25, -0.2) is 0 Å². The topological polar surface area (TPSA) is 63.7 Å². The van der Waals surface area contributed by atoms with Gasteiger partial charge >= 0.3 is 0 Å². The van der Waals surface area contributed by atoms with Gasteiger partial charge in [-0.3, -0.25) is 15.1 Å². The number of rotatable bonds is 4.